The molecule has 1 aliphatic rings. The number of rotatable bonds is 7. The van der Waals surface area contributed by atoms with E-state index in [0.717, 1.165) is 29.5 Å². The van der Waals surface area contributed by atoms with E-state index in [4.69, 9.17) is 9.47 Å². The van der Waals surface area contributed by atoms with Gasteiger partial charge in [0.1, 0.15) is 5.69 Å². The van der Waals surface area contributed by atoms with E-state index in [1.807, 2.05) is 50.6 Å². The summed E-state index contributed by atoms with van der Waals surface area (Å²) in [6, 6.07) is 7.58. The number of benzene rings is 1. The van der Waals surface area contributed by atoms with Crippen molar-refractivity contribution in [3.63, 3.8) is 0 Å². The lowest BCUT2D eigenvalue weighted by Gasteiger charge is -2.37. The zero-order chi connectivity index (χ0) is 23.6. The molecule has 0 spiro atoms. The molecule has 1 aromatic carbocycles. The van der Waals surface area contributed by atoms with E-state index in [0.29, 0.717) is 36.6 Å². The second-order valence-corrected chi connectivity index (χ2v) is 8.66. The highest BCUT2D eigenvalue weighted by molar-refractivity contribution is 5.65. The van der Waals surface area contributed by atoms with E-state index in [1.165, 1.54) is 0 Å². The highest BCUT2D eigenvalue weighted by Crippen LogP contribution is 2.41. The van der Waals surface area contributed by atoms with Gasteiger partial charge in [-0.15, -0.1) is 0 Å². The van der Waals surface area contributed by atoms with Crippen LogP contribution in [0.4, 0.5) is 5.69 Å². The Morgan fingerprint density at radius 2 is 1.85 bits per heavy atom. The Kier molecular flexibility index (Phi) is 6.47. The number of ether oxygens (including phenoxy) is 2. The molecule has 0 saturated heterocycles. The topological polar surface area (TPSA) is 90.5 Å². The van der Waals surface area contributed by atoms with Gasteiger partial charge in [0.15, 0.2) is 11.5 Å². The van der Waals surface area contributed by atoms with Crippen LogP contribution in [0.25, 0.3) is 11.1 Å². The molecule has 8 nitrogen and oxygen atoms in total. The quantitative estimate of drug-likeness (QED) is 0.570. The van der Waals surface area contributed by atoms with Crippen molar-refractivity contribution < 1.29 is 14.6 Å². The number of methoxy groups -OCH3 is 2. The van der Waals surface area contributed by atoms with Gasteiger partial charge in [0.05, 0.1) is 26.0 Å². The van der Waals surface area contributed by atoms with E-state index in [2.05, 4.69) is 10.4 Å². The molecule has 1 aliphatic carbocycles. The van der Waals surface area contributed by atoms with Gasteiger partial charge in [0.25, 0.3) is 5.56 Å². The Bertz CT molecular complexity index is 1180. The smallest absolute Gasteiger partial charge is 0.273 e. The van der Waals surface area contributed by atoms with Crippen molar-refractivity contribution >= 4 is 5.69 Å². The third kappa shape index (κ3) is 4.61. The molecule has 0 atom stereocenters. The molecule has 3 aromatic rings. The monoisotopic (exact) mass is 452 g/mol. The van der Waals surface area contributed by atoms with Crippen LogP contribution < -0.4 is 20.3 Å². The fourth-order valence-electron chi connectivity index (χ4n) is 4.58. The molecule has 0 aliphatic heterocycles. The zero-order valence-corrected chi connectivity index (χ0v) is 19.7. The first-order valence-electron chi connectivity index (χ1n) is 11.3. The summed E-state index contributed by atoms with van der Waals surface area (Å²) in [7, 11) is 5.06. The number of aliphatic hydroxyl groups is 1. The number of aromatic nitrogens is 3. The average Bonchev–Trinajstić information content (AvgIpc) is 3.27. The highest BCUT2D eigenvalue weighted by Gasteiger charge is 2.35. The number of aryl methyl sites for hydroxylation is 2. The van der Waals surface area contributed by atoms with Crippen molar-refractivity contribution in [2.75, 3.05) is 19.5 Å². The maximum Gasteiger partial charge on any atom is 0.273 e. The number of hydrogen-bond acceptors (Lipinski definition) is 6. The third-order valence-corrected chi connectivity index (χ3v) is 6.56. The molecule has 4 rings (SSSR count). The van der Waals surface area contributed by atoms with Crippen LogP contribution in [0.3, 0.4) is 0 Å². The summed E-state index contributed by atoms with van der Waals surface area (Å²) in [5.74, 6) is 1.25. The predicted octanol–water partition coefficient (Wildman–Crippen LogP) is 3.53. The van der Waals surface area contributed by atoms with Crippen LogP contribution in [0.2, 0.25) is 0 Å². The standard InChI is InChI=1S/C25H32N4O4/c1-5-29-16-17(18-14-26-28(2)15-18)12-21(24(29)30)27-20-8-10-25(31,11-9-20)19-6-7-22(32-3)23(13-19)33-4/h6-7,12-16,20,27,31H,5,8-11H2,1-4H3/t20-,25-. The van der Waals surface area contributed by atoms with Crippen LogP contribution in [-0.4, -0.2) is 39.7 Å². The SMILES string of the molecule is CCn1cc(-c2cnn(C)c2)cc(N[C@H]2CC[C@@](O)(c3ccc(OC)c(OC)c3)CC2)c1=O. The lowest BCUT2D eigenvalue weighted by molar-refractivity contribution is -0.00352. The fraction of sp³-hybridized carbons (Fsp3) is 0.440. The molecular weight excluding hydrogens is 420 g/mol. The van der Waals surface area contributed by atoms with E-state index in [-0.39, 0.29) is 11.6 Å². The fourth-order valence-corrected chi connectivity index (χ4v) is 4.58. The van der Waals surface area contributed by atoms with Crippen molar-refractivity contribution in [3.8, 4) is 22.6 Å². The van der Waals surface area contributed by atoms with Crippen LogP contribution in [-0.2, 0) is 19.2 Å². The second kappa shape index (κ2) is 9.31. The van der Waals surface area contributed by atoms with Crippen molar-refractivity contribution in [1.29, 1.82) is 0 Å². The van der Waals surface area contributed by atoms with Gasteiger partial charge in [0.2, 0.25) is 0 Å². The van der Waals surface area contributed by atoms with Gasteiger partial charge < -0.3 is 24.5 Å². The molecule has 2 heterocycles. The summed E-state index contributed by atoms with van der Waals surface area (Å²) in [6.07, 6.45) is 8.28. The van der Waals surface area contributed by atoms with Crippen LogP contribution in [0, 0.1) is 0 Å². The Hall–Kier alpha value is -3.26. The Morgan fingerprint density at radius 3 is 2.45 bits per heavy atom. The molecule has 33 heavy (non-hydrogen) atoms. The van der Waals surface area contributed by atoms with Crippen LogP contribution >= 0.6 is 0 Å². The number of anilines is 1. The lowest BCUT2D eigenvalue weighted by Crippen LogP contribution is -2.37. The van der Waals surface area contributed by atoms with Crippen molar-refractivity contribution in [2.45, 2.75) is 50.8 Å². The van der Waals surface area contributed by atoms with Crippen molar-refractivity contribution in [3.05, 3.63) is 58.8 Å². The van der Waals surface area contributed by atoms with E-state index in [1.54, 1.807) is 29.7 Å². The number of nitrogens with one attached hydrogen (secondary N) is 1. The Labute approximate surface area is 193 Å². The molecule has 1 fully saturated rings. The molecule has 0 unspecified atom stereocenters. The number of pyridine rings is 1. The molecule has 8 heteroatoms. The first-order valence-corrected chi connectivity index (χ1v) is 11.3. The molecule has 2 N–H and O–H groups in total. The molecule has 1 saturated carbocycles. The summed E-state index contributed by atoms with van der Waals surface area (Å²) in [5, 5.41) is 19.0. The van der Waals surface area contributed by atoms with Gasteiger partial charge >= 0.3 is 0 Å². The Balaban J connectivity index is 1.52. The number of nitrogens with zero attached hydrogens (tertiary/aromatic N) is 3. The summed E-state index contributed by atoms with van der Waals surface area (Å²) in [4.78, 5) is 12.9. The van der Waals surface area contributed by atoms with Gasteiger partial charge in [-0.25, -0.2) is 0 Å². The summed E-state index contributed by atoms with van der Waals surface area (Å²) >= 11 is 0. The number of hydrogen-bond donors (Lipinski definition) is 2. The van der Waals surface area contributed by atoms with E-state index < -0.39 is 5.60 Å². The zero-order valence-electron chi connectivity index (χ0n) is 19.7. The minimum Gasteiger partial charge on any atom is -0.493 e. The van der Waals surface area contributed by atoms with Gasteiger partial charge in [-0.2, -0.15) is 5.10 Å². The minimum atomic E-state index is -0.932. The van der Waals surface area contributed by atoms with Crippen LogP contribution in [0.1, 0.15) is 38.2 Å². The lowest BCUT2D eigenvalue weighted by atomic mass is 9.77. The van der Waals surface area contributed by atoms with Crippen molar-refractivity contribution in [1.82, 2.24) is 14.3 Å². The van der Waals surface area contributed by atoms with Gasteiger partial charge in [-0.05, 0) is 56.4 Å². The van der Waals surface area contributed by atoms with E-state index in [9.17, 15) is 9.90 Å². The molecule has 0 radical (unpaired) electrons. The summed E-state index contributed by atoms with van der Waals surface area (Å²) < 4.78 is 14.2. The van der Waals surface area contributed by atoms with Gasteiger partial charge in [-0.1, -0.05) is 6.07 Å². The largest absolute Gasteiger partial charge is 0.493 e. The molecule has 2 aromatic heterocycles. The maximum absolute atomic E-state index is 12.9. The molecule has 176 valence electrons. The van der Waals surface area contributed by atoms with E-state index >= 15 is 0 Å². The molecule has 0 amide bonds. The van der Waals surface area contributed by atoms with Crippen LogP contribution in [0.5, 0.6) is 11.5 Å². The Morgan fingerprint density at radius 1 is 1.12 bits per heavy atom. The molecular formula is C25H32N4O4. The molecule has 0 bridgehead atoms. The normalized spacial score (nSPS) is 20.5. The van der Waals surface area contributed by atoms with Crippen molar-refractivity contribution in [2.24, 2.45) is 7.05 Å². The first kappa shape index (κ1) is 22.9. The first-order chi connectivity index (χ1) is 15.9. The second-order valence-electron chi connectivity index (χ2n) is 8.66. The summed E-state index contributed by atoms with van der Waals surface area (Å²) in [5.41, 5.74) is 2.36. The predicted molar refractivity (Wildman–Crippen MR) is 128 cm³/mol. The third-order valence-electron chi connectivity index (χ3n) is 6.56. The van der Waals surface area contributed by atoms with Crippen LogP contribution in [0.15, 0.2) is 47.7 Å². The highest BCUT2D eigenvalue weighted by atomic mass is 16.5. The van der Waals surface area contributed by atoms with Gasteiger partial charge in [0, 0.05) is 43.2 Å². The minimum absolute atomic E-state index is 0.0362. The summed E-state index contributed by atoms with van der Waals surface area (Å²) in [6.45, 7) is 2.55. The maximum atomic E-state index is 12.9. The van der Waals surface area contributed by atoms with Gasteiger partial charge in [-0.3, -0.25) is 9.48 Å². The average molecular weight is 453 g/mol.